The monoisotopic (exact) mass is 338 g/mol. The maximum absolute atomic E-state index is 12.4. The first kappa shape index (κ1) is 15.9. The molecule has 1 fully saturated rings. The number of benzene rings is 1. The molecule has 0 aliphatic carbocycles. The third-order valence-corrected chi connectivity index (χ3v) is 3.79. The van der Waals surface area contributed by atoms with Gasteiger partial charge in [0.1, 0.15) is 17.1 Å². The Hall–Kier alpha value is -2.99. The van der Waals surface area contributed by atoms with E-state index in [1.54, 1.807) is 18.2 Å². The van der Waals surface area contributed by atoms with E-state index in [-0.39, 0.29) is 17.2 Å². The fourth-order valence-electron chi connectivity index (χ4n) is 2.32. The minimum atomic E-state index is -0.539. The number of hydrogen-bond acceptors (Lipinski definition) is 4. The van der Waals surface area contributed by atoms with Crippen LogP contribution in [-0.2, 0) is 9.59 Å². The van der Waals surface area contributed by atoms with E-state index < -0.39 is 11.8 Å². The summed E-state index contributed by atoms with van der Waals surface area (Å²) >= 11 is 5.01. The first-order valence-electron chi connectivity index (χ1n) is 7.25. The Morgan fingerprint density at radius 1 is 1.17 bits per heavy atom. The van der Waals surface area contributed by atoms with E-state index >= 15 is 0 Å². The van der Waals surface area contributed by atoms with Crippen LogP contribution >= 0.6 is 12.2 Å². The molecule has 0 radical (unpaired) electrons. The van der Waals surface area contributed by atoms with Crippen molar-refractivity contribution in [3.63, 3.8) is 0 Å². The molecule has 1 aliphatic heterocycles. The summed E-state index contributed by atoms with van der Waals surface area (Å²) in [6.07, 6.45) is 2.96. The lowest BCUT2D eigenvalue weighted by Gasteiger charge is -2.27. The lowest BCUT2D eigenvalue weighted by molar-refractivity contribution is -0.128. The molecule has 2 aromatic rings. The van der Waals surface area contributed by atoms with Gasteiger partial charge in [-0.2, -0.15) is 0 Å². The molecule has 1 aliphatic rings. The van der Waals surface area contributed by atoms with Crippen LogP contribution in [0.3, 0.4) is 0 Å². The fourth-order valence-corrected chi connectivity index (χ4v) is 2.57. The van der Waals surface area contributed by atoms with Crippen molar-refractivity contribution in [3.05, 3.63) is 66.5 Å². The number of furan rings is 1. The quantitative estimate of drug-likeness (QED) is 0.403. The van der Waals surface area contributed by atoms with Crippen LogP contribution < -0.4 is 5.32 Å². The first-order chi connectivity index (χ1) is 11.6. The highest BCUT2D eigenvalue weighted by atomic mass is 32.1. The lowest BCUT2D eigenvalue weighted by Crippen LogP contribution is -2.53. The SMILES string of the molecule is C=CCN1C(=O)C(=Cc2ccc(-c3ccccc3)o2)C(=O)NC1=S. The van der Waals surface area contributed by atoms with Crippen molar-refractivity contribution >= 4 is 35.2 Å². The summed E-state index contributed by atoms with van der Waals surface area (Å²) < 4.78 is 5.71. The second-order valence-electron chi connectivity index (χ2n) is 5.09. The van der Waals surface area contributed by atoms with Crippen LogP contribution in [0.1, 0.15) is 5.76 Å². The molecule has 3 rings (SSSR count). The van der Waals surface area contributed by atoms with Crippen molar-refractivity contribution in [1.82, 2.24) is 10.2 Å². The average molecular weight is 338 g/mol. The third kappa shape index (κ3) is 3.04. The number of nitrogens with one attached hydrogen (secondary N) is 1. The molecule has 5 nitrogen and oxygen atoms in total. The van der Waals surface area contributed by atoms with E-state index in [0.717, 1.165) is 5.56 Å². The van der Waals surface area contributed by atoms with Gasteiger partial charge in [-0.3, -0.25) is 19.8 Å². The summed E-state index contributed by atoms with van der Waals surface area (Å²) in [5.41, 5.74) is 0.885. The van der Waals surface area contributed by atoms with Gasteiger partial charge >= 0.3 is 0 Å². The van der Waals surface area contributed by atoms with E-state index in [1.165, 1.54) is 11.0 Å². The summed E-state index contributed by atoms with van der Waals surface area (Å²) in [5.74, 6) is 0.0626. The highest BCUT2D eigenvalue weighted by molar-refractivity contribution is 7.80. The first-order valence-corrected chi connectivity index (χ1v) is 7.66. The number of nitrogens with zero attached hydrogens (tertiary/aromatic N) is 1. The second kappa shape index (κ2) is 6.64. The molecule has 1 aromatic heterocycles. The van der Waals surface area contributed by atoms with Crippen LogP contribution in [0, 0.1) is 0 Å². The Labute approximate surface area is 144 Å². The standard InChI is InChI=1S/C18H14N2O3S/c1-2-10-20-17(22)14(16(21)19-18(20)24)11-13-8-9-15(23-13)12-6-4-3-5-7-12/h2-9,11H,1,10H2,(H,19,21,24). The zero-order valence-corrected chi connectivity index (χ0v) is 13.5. The highest BCUT2D eigenvalue weighted by Gasteiger charge is 2.32. The number of carbonyl (C=O) groups is 2. The van der Waals surface area contributed by atoms with E-state index in [0.29, 0.717) is 11.5 Å². The topological polar surface area (TPSA) is 62.6 Å². The van der Waals surface area contributed by atoms with Gasteiger partial charge in [0.2, 0.25) is 0 Å². The van der Waals surface area contributed by atoms with Crippen molar-refractivity contribution < 1.29 is 14.0 Å². The van der Waals surface area contributed by atoms with Crippen molar-refractivity contribution in [2.75, 3.05) is 6.54 Å². The summed E-state index contributed by atoms with van der Waals surface area (Å²) in [4.78, 5) is 25.8. The molecule has 24 heavy (non-hydrogen) atoms. The summed E-state index contributed by atoms with van der Waals surface area (Å²) in [7, 11) is 0. The van der Waals surface area contributed by atoms with Crippen LogP contribution in [0.2, 0.25) is 0 Å². The molecule has 0 atom stereocenters. The number of carbonyl (C=O) groups excluding carboxylic acids is 2. The zero-order chi connectivity index (χ0) is 17.1. The Morgan fingerprint density at radius 2 is 1.92 bits per heavy atom. The molecule has 1 saturated heterocycles. The van der Waals surface area contributed by atoms with Crippen LogP contribution in [0.25, 0.3) is 17.4 Å². The Morgan fingerprint density at radius 3 is 2.62 bits per heavy atom. The summed E-state index contributed by atoms with van der Waals surface area (Å²) in [6.45, 7) is 3.81. The molecule has 1 N–H and O–H groups in total. The smallest absolute Gasteiger partial charge is 0.266 e. The number of hydrogen-bond donors (Lipinski definition) is 1. The van der Waals surface area contributed by atoms with Gasteiger partial charge in [0, 0.05) is 12.1 Å². The summed E-state index contributed by atoms with van der Waals surface area (Å²) in [5, 5.41) is 2.57. The molecular formula is C18H14N2O3S. The van der Waals surface area contributed by atoms with E-state index in [1.807, 2.05) is 30.3 Å². The molecule has 2 amide bonds. The molecule has 1 aromatic carbocycles. The second-order valence-corrected chi connectivity index (χ2v) is 5.48. The van der Waals surface area contributed by atoms with E-state index in [2.05, 4.69) is 11.9 Å². The molecular weight excluding hydrogens is 324 g/mol. The Kier molecular flexibility index (Phi) is 4.39. The maximum Gasteiger partial charge on any atom is 0.266 e. The van der Waals surface area contributed by atoms with Gasteiger partial charge in [-0.15, -0.1) is 6.58 Å². The Balaban J connectivity index is 1.91. The normalized spacial score (nSPS) is 16.4. The third-order valence-electron chi connectivity index (χ3n) is 3.47. The van der Waals surface area contributed by atoms with Gasteiger partial charge < -0.3 is 4.42 Å². The van der Waals surface area contributed by atoms with E-state index in [4.69, 9.17) is 16.6 Å². The van der Waals surface area contributed by atoms with Crippen molar-refractivity contribution in [2.24, 2.45) is 0 Å². The molecule has 0 saturated carbocycles. The molecule has 0 unspecified atom stereocenters. The molecule has 6 heteroatoms. The van der Waals surface area contributed by atoms with Gasteiger partial charge in [-0.1, -0.05) is 36.4 Å². The predicted octanol–water partition coefficient (Wildman–Crippen LogP) is 2.76. The number of rotatable bonds is 4. The number of amides is 2. The highest BCUT2D eigenvalue weighted by Crippen LogP contribution is 2.24. The summed E-state index contributed by atoms with van der Waals surface area (Å²) in [6, 6.07) is 13.1. The molecule has 120 valence electrons. The van der Waals surface area contributed by atoms with Crippen LogP contribution in [0.4, 0.5) is 0 Å². The lowest BCUT2D eigenvalue weighted by atomic mass is 10.1. The predicted molar refractivity (Wildman–Crippen MR) is 94.8 cm³/mol. The van der Waals surface area contributed by atoms with Crippen molar-refractivity contribution in [2.45, 2.75) is 0 Å². The van der Waals surface area contributed by atoms with Crippen molar-refractivity contribution in [1.29, 1.82) is 0 Å². The van der Waals surface area contributed by atoms with Gasteiger partial charge in [-0.25, -0.2) is 0 Å². The zero-order valence-electron chi connectivity index (χ0n) is 12.7. The average Bonchev–Trinajstić information content (AvgIpc) is 3.05. The van der Waals surface area contributed by atoms with Crippen LogP contribution in [0.5, 0.6) is 0 Å². The minimum absolute atomic E-state index is 0.0283. The van der Waals surface area contributed by atoms with E-state index in [9.17, 15) is 9.59 Å². The molecule has 2 heterocycles. The molecule has 0 bridgehead atoms. The number of thiocarbonyl (C=S) groups is 1. The largest absolute Gasteiger partial charge is 0.457 e. The van der Waals surface area contributed by atoms with Crippen LogP contribution in [0.15, 0.2) is 65.1 Å². The van der Waals surface area contributed by atoms with Gasteiger partial charge in [0.25, 0.3) is 11.8 Å². The van der Waals surface area contributed by atoms with Gasteiger partial charge in [0.05, 0.1) is 0 Å². The van der Waals surface area contributed by atoms with Gasteiger partial charge in [-0.05, 0) is 30.4 Å². The fraction of sp³-hybridized carbons (Fsp3) is 0.0556. The molecule has 0 spiro atoms. The van der Waals surface area contributed by atoms with Crippen molar-refractivity contribution in [3.8, 4) is 11.3 Å². The Bertz CT molecular complexity index is 852. The minimum Gasteiger partial charge on any atom is -0.457 e. The van der Waals surface area contributed by atoms with Gasteiger partial charge in [0.15, 0.2) is 5.11 Å². The maximum atomic E-state index is 12.4. The van der Waals surface area contributed by atoms with Crippen LogP contribution in [-0.4, -0.2) is 28.4 Å².